The van der Waals surface area contributed by atoms with Crippen molar-refractivity contribution in [3.63, 3.8) is 0 Å². The van der Waals surface area contributed by atoms with Gasteiger partial charge in [-0.3, -0.25) is 14.4 Å². The number of amides is 3. The minimum atomic E-state index is -1.18. The molecule has 2 atom stereocenters. The summed E-state index contributed by atoms with van der Waals surface area (Å²) in [6, 6.07) is 20.0. The molecule has 0 aliphatic heterocycles. The van der Waals surface area contributed by atoms with E-state index in [0.717, 1.165) is 32.8 Å². The number of hydrogen-bond donors (Lipinski definition) is 4. The van der Waals surface area contributed by atoms with Crippen LogP contribution in [0.25, 0.3) is 21.7 Å². The number of carbonyl (C=O) groups excluding carboxylic acids is 3. The lowest BCUT2D eigenvalue weighted by molar-refractivity contribution is -0.131. The molecule has 2 aromatic heterocycles. The maximum absolute atomic E-state index is 13.6. The van der Waals surface area contributed by atoms with Crippen molar-refractivity contribution < 1.29 is 14.4 Å². The van der Waals surface area contributed by atoms with E-state index in [1.54, 1.807) is 38.7 Å². The Morgan fingerprint density at radius 3 is 2.48 bits per heavy atom. The van der Waals surface area contributed by atoms with Gasteiger partial charge in [-0.15, -0.1) is 0 Å². The summed E-state index contributed by atoms with van der Waals surface area (Å²) in [6.07, 6.45) is 5.21. The van der Waals surface area contributed by atoms with Crippen LogP contribution in [0.5, 0.6) is 0 Å². The number of nitrogens with one attached hydrogen (secondary N) is 3. The van der Waals surface area contributed by atoms with Crippen LogP contribution < -0.4 is 16.4 Å². The topological polar surface area (TPSA) is 138 Å². The maximum Gasteiger partial charge on any atom is 0.249 e. The summed E-state index contributed by atoms with van der Waals surface area (Å²) in [4.78, 5) is 48.9. The molecule has 1 unspecified atom stereocenters. The number of rotatable bonds is 9. The smallest absolute Gasteiger partial charge is 0.249 e. The summed E-state index contributed by atoms with van der Waals surface area (Å²) >= 11 is 0. The number of likely N-dealkylation sites (N-methyl/N-ethyl adjacent to an activating group) is 1. The average Bonchev–Trinajstić information content (AvgIpc) is 3.59. The van der Waals surface area contributed by atoms with Crippen molar-refractivity contribution in [3.05, 3.63) is 96.6 Å². The van der Waals surface area contributed by atoms with Gasteiger partial charge in [0, 0.05) is 43.8 Å². The van der Waals surface area contributed by atoms with E-state index in [9.17, 15) is 14.4 Å². The van der Waals surface area contributed by atoms with Crippen molar-refractivity contribution in [2.24, 2.45) is 5.73 Å². The molecule has 0 aliphatic carbocycles. The Hall–Kier alpha value is -4.96. The third kappa shape index (κ3) is 6.03. The van der Waals surface area contributed by atoms with Crippen LogP contribution in [0.3, 0.4) is 0 Å². The lowest BCUT2D eigenvalue weighted by Crippen LogP contribution is -2.55. The van der Waals surface area contributed by atoms with Crippen LogP contribution in [-0.2, 0) is 20.8 Å². The quantitative estimate of drug-likeness (QED) is 0.216. The minimum Gasteiger partial charge on any atom is -0.361 e. The Morgan fingerprint density at radius 1 is 1.02 bits per heavy atom. The molecule has 10 nitrogen and oxygen atoms in total. The molecule has 2 heterocycles. The fourth-order valence-corrected chi connectivity index (χ4v) is 4.89. The van der Waals surface area contributed by atoms with E-state index < -0.39 is 29.4 Å². The highest BCUT2D eigenvalue weighted by molar-refractivity contribution is 5.98. The van der Waals surface area contributed by atoms with Crippen LogP contribution >= 0.6 is 0 Å². The lowest BCUT2D eigenvalue weighted by atomic mass is 10.0. The summed E-state index contributed by atoms with van der Waals surface area (Å²) in [5.41, 5.74) is 7.44. The number of fused-ring (bicyclic) bond motifs is 2. The predicted molar refractivity (Wildman–Crippen MR) is 164 cm³/mol. The molecule has 0 bridgehead atoms. The number of aromatic nitrogens is 3. The number of benzene rings is 3. The van der Waals surface area contributed by atoms with Crippen LogP contribution in [-0.4, -0.2) is 62.8 Å². The van der Waals surface area contributed by atoms with Gasteiger partial charge in [0.2, 0.25) is 17.7 Å². The highest BCUT2D eigenvalue weighted by Gasteiger charge is 2.30. The SMILES string of the molecule is CN(C)C(=O)C(c1ccc2ccccc2c1)n1cnc(NC(=O)[C@@H](Cc2c[nH]c3ccccc23)NC(=O)C(C)(C)N)c1. The van der Waals surface area contributed by atoms with Crippen LogP contribution in [0, 0.1) is 0 Å². The molecule has 5 N–H and O–H groups in total. The Morgan fingerprint density at radius 2 is 1.74 bits per heavy atom. The zero-order valence-corrected chi connectivity index (χ0v) is 24.1. The van der Waals surface area contributed by atoms with Gasteiger partial charge in [0.05, 0.1) is 11.9 Å². The molecule has 0 spiro atoms. The number of para-hydroxylation sites is 1. The highest BCUT2D eigenvalue weighted by atomic mass is 16.2. The summed E-state index contributed by atoms with van der Waals surface area (Å²) in [7, 11) is 3.40. The first-order valence-electron chi connectivity index (χ1n) is 13.7. The number of carbonyl (C=O) groups is 3. The molecule has 10 heteroatoms. The van der Waals surface area contributed by atoms with E-state index in [0.29, 0.717) is 0 Å². The molecule has 42 heavy (non-hydrogen) atoms. The fourth-order valence-electron chi connectivity index (χ4n) is 4.89. The van der Waals surface area contributed by atoms with Crippen LogP contribution in [0.1, 0.15) is 31.0 Å². The molecule has 3 aromatic carbocycles. The molecule has 0 saturated heterocycles. The van der Waals surface area contributed by atoms with E-state index in [2.05, 4.69) is 20.6 Å². The summed E-state index contributed by atoms with van der Waals surface area (Å²) in [6.45, 7) is 3.17. The maximum atomic E-state index is 13.6. The second kappa shape index (κ2) is 11.5. The van der Waals surface area contributed by atoms with Gasteiger partial charge in [-0.25, -0.2) is 4.98 Å². The predicted octanol–water partition coefficient (Wildman–Crippen LogP) is 3.60. The van der Waals surface area contributed by atoms with E-state index in [1.165, 1.54) is 11.2 Å². The minimum absolute atomic E-state index is 0.143. The van der Waals surface area contributed by atoms with Gasteiger partial charge in [0.15, 0.2) is 5.82 Å². The molecule has 0 radical (unpaired) electrons. The molecule has 3 amide bonds. The molecule has 0 fully saturated rings. The highest BCUT2D eigenvalue weighted by Crippen LogP contribution is 2.26. The van der Waals surface area contributed by atoms with Crippen molar-refractivity contribution in [2.75, 3.05) is 19.4 Å². The molecular weight excluding hydrogens is 530 g/mol. The standard InChI is InChI=1S/C32H35N7O3/c1-32(2,33)31(42)36-26(16-23-17-34-25-12-8-7-11-24(23)25)29(40)37-27-18-39(19-35-27)28(30(41)38(3)4)22-14-13-20-9-5-6-10-21(20)15-22/h5-15,17-19,26,28,34H,16,33H2,1-4H3,(H,36,42)(H,37,40)/t26-,28?/m1/s1. The normalized spacial score (nSPS) is 13.1. The van der Waals surface area contributed by atoms with Crippen molar-refractivity contribution in [3.8, 4) is 0 Å². The van der Waals surface area contributed by atoms with Crippen LogP contribution in [0.4, 0.5) is 5.82 Å². The van der Waals surface area contributed by atoms with E-state index in [-0.39, 0.29) is 18.1 Å². The molecular formula is C32H35N7O3. The first-order valence-corrected chi connectivity index (χ1v) is 13.7. The zero-order valence-electron chi connectivity index (χ0n) is 24.1. The summed E-state index contributed by atoms with van der Waals surface area (Å²) < 4.78 is 1.68. The van der Waals surface area contributed by atoms with Crippen molar-refractivity contribution in [1.82, 2.24) is 24.8 Å². The van der Waals surface area contributed by atoms with Gasteiger partial charge < -0.3 is 30.8 Å². The van der Waals surface area contributed by atoms with Crippen molar-refractivity contribution in [1.29, 1.82) is 0 Å². The number of aromatic amines is 1. The Balaban J connectivity index is 1.42. The number of nitrogens with two attached hydrogens (primary N) is 1. The fraction of sp³-hybridized carbons (Fsp3) is 0.250. The van der Waals surface area contributed by atoms with Crippen molar-refractivity contribution in [2.45, 2.75) is 37.9 Å². The van der Waals surface area contributed by atoms with Gasteiger partial charge in [0.1, 0.15) is 12.1 Å². The molecule has 0 saturated carbocycles. The first kappa shape index (κ1) is 28.6. The molecule has 5 aromatic rings. The van der Waals surface area contributed by atoms with E-state index >= 15 is 0 Å². The number of hydrogen-bond acceptors (Lipinski definition) is 5. The molecule has 5 rings (SSSR count). The molecule has 216 valence electrons. The van der Waals surface area contributed by atoms with Crippen LogP contribution in [0.15, 0.2) is 85.5 Å². The van der Waals surface area contributed by atoms with Crippen LogP contribution in [0.2, 0.25) is 0 Å². The lowest BCUT2D eigenvalue weighted by Gasteiger charge is -2.23. The third-order valence-electron chi connectivity index (χ3n) is 7.22. The number of nitrogens with zero attached hydrogens (tertiary/aromatic N) is 3. The number of H-pyrrole nitrogens is 1. The number of imidazole rings is 1. The largest absolute Gasteiger partial charge is 0.361 e. The monoisotopic (exact) mass is 565 g/mol. The van der Waals surface area contributed by atoms with E-state index in [4.69, 9.17) is 5.73 Å². The van der Waals surface area contributed by atoms with Gasteiger partial charge in [-0.05, 0) is 47.9 Å². The average molecular weight is 566 g/mol. The zero-order chi connectivity index (χ0) is 30.0. The Labute approximate surface area is 243 Å². The summed E-state index contributed by atoms with van der Waals surface area (Å²) in [5, 5.41) is 8.66. The van der Waals surface area contributed by atoms with Crippen molar-refractivity contribution >= 4 is 45.2 Å². The first-order chi connectivity index (χ1) is 20.0. The third-order valence-corrected chi connectivity index (χ3v) is 7.22. The van der Waals surface area contributed by atoms with E-state index in [1.807, 2.05) is 72.9 Å². The second-order valence-corrected chi connectivity index (χ2v) is 11.2. The second-order valence-electron chi connectivity index (χ2n) is 11.2. The Kier molecular flexibility index (Phi) is 7.82. The van der Waals surface area contributed by atoms with Gasteiger partial charge in [0.25, 0.3) is 0 Å². The van der Waals surface area contributed by atoms with Gasteiger partial charge in [-0.2, -0.15) is 0 Å². The molecule has 0 aliphatic rings. The Bertz CT molecular complexity index is 1760. The van der Waals surface area contributed by atoms with Gasteiger partial charge in [-0.1, -0.05) is 54.6 Å². The number of anilines is 1. The summed E-state index contributed by atoms with van der Waals surface area (Å²) in [5.74, 6) is -0.803. The van der Waals surface area contributed by atoms with Gasteiger partial charge >= 0.3 is 0 Å².